The Morgan fingerprint density at radius 2 is 2.29 bits per heavy atom. The Kier molecular flexibility index (Phi) is 3.87. The largest absolute Gasteiger partial charge is 0.481 e. The second-order valence-corrected chi connectivity index (χ2v) is 4.50. The lowest BCUT2D eigenvalue weighted by Gasteiger charge is -2.10. The molecule has 2 rings (SSSR count). The van der Waals surface area contributed by atoms with Crippen molar-refractivity contribution in [2.75, 3.05) is 19.0 Å². The summed E-state index contributed by atoms with van der Waals surface area (Å²) >= 11 is 1.66. The molecule has 6 heteroatoms. The van der Waals surface area contributed by atoms with Gasteiger partial charge in [-0.2, -0.15) is 4.98 Å². The van der Waals surface area contributed by atoms with E-state index >= 15 is 0 Å². The van der Waals surface area contributed by atoms with Crippen LogP contribution in [0.15, 0.2) is 23.8 Å². The number of hydrogen-bond acceptors (Lipinski definition) is 6. The zero-order valence-corrected chi connectivity index (χ0v) is 10.6. The van der Waals surface area contributed by atoms with E-state index in [4.69, 9.17) is 4.74 Å². The SMILES string of the molecule is COc1ccnc(NCC(C)c2nccs2)n1. The summed E-state index contributed by atoms with van der Waals surface area (Å²) in [5, 5.41) is 6.26. The quantitative estimate of drug-likeness (QED) is 0.881. The van der Waals surface area contributed by atoms with Crippen LogP contribution in [0.25, 0.3) is 0 Å². The van der Waals surface area contributed by atoms with Crippen molar-refractivity contribution in [1.29, 1.82) is 0 Å². The number of ether oxygens (including phenoxy) is 1. The molecule has 0 aromatic carbocycles. The normalized spacial score (nSPS) is 12.1. The van der Waals surface area contributed by atoms with Crippen LogP contribution >= 0.6 is 11.3 Å². The van der Waals surface area contributed by atoms with Crippen molar-refractivity contribution in [3.63, 3.8) is 0 Å². The molecule has 2 aromatic rings. The minimum absolute atomic E-state index is 0.338. The highest BCUT2D eigenvalue weighted by Crippen LogP contribution is 2.17. The minimum atomic E-state index is 0.338. The average Bonchev–Trinajstić information content (AvgIpc) is 2.90. The van der Waals surface area contributed by atoms with Crippen molar-refractivity contribution in [1.82, 2.24) is 15.0 Å². The van der Waals surface area contributed by atoms with E-state index in [1.807, 2.05) is 11.6 Å². The zero-order valence-electron chi connectivity index (χ0n) is 9.75. The number of anilines is 1. The molecule has 1 N–H and O–H groups in total. The Hall–Kier alpha value is -1.69. The molecule has 1 atom stereocenters. The van der Waals surface area contributed by atoms with Crippen LogP contribution in [-0.4, -0.2) is 28.6 Å². The monoisotopic (exact) mass is 250 g/mol. The first kappa shape index (κ1) is 11.8. The first-order chi connectivity index (χ1) is 8.29. The maximum atomic E-state index is 5.03. The lowest BCUT2D eigenvalue weighted by atomic mass is 10.2. The van der Waals surface area contributed by atoms with Gasteiger partial charge in [0.15, 0.2) is 0 Å². The van der Waals surface area contributed by atoms with E-state index in [0.717, 1.165) is 11.6 Å². The van der Waals surface area contributed by atoms with Gasteiger partial charge in [0.25, 0.3) is 0 Å². The molecule has 0 bridgehead atoms. The molecule has 17 heavy (non-hydrogen) atoms. The number of methoxy groups -OCH3 is 1. The highest BCUT2D eigenvalue weighted by Gasteiger charge is 2.08. The Balaban J connectivity index is 1.93. The van der Waals surface area contributed by atoms with Gasteiger partial charge in [0.2, 0.25) is 11.8 Å². The number of hydrogen-bond donors (Lipinski definition) is 1. The van der Waals surface area contributed by atoms with Crippen molar-refractivity contribution >= 4 is 17.3 Å². The van der Waals surface area contributed by atoms with Crippen LogP contribution in [0, 0.1) is 0 Å². The van der Waals surface area contributed by atoms with Gasteiger partial charge >= 0.3 is 0 Å². The molecule has 1 unspecified atom stereocenters. The molecular weight excluding hydrogens is 236 g/mol. The molecule has 0 saturated heterocycles. The third kappa shape index (κ3) is 3.13. The van der Waals surface area contributed by atoms with Crippen LogP contribution in [0.2, 0.25) is 0 Å². The van der Waals surface area contributed by atoms with Gasteiger partial charge in [0.1, 0.15) is 0 Å². The Labute approximate surface area is 104 Å². The van der Waals surface area contributed by atoms with Crippen LogP contribution in [0.3, 0.4) is 0 Å². The predicted molar refractivity (Wildman–Crippen MR) is 67.6 cm³/mol. The van der Waals surface area contributed by atoms with Crippen LogP contribution in [-0.2, 0) is 0 Å². The fourth-order valence-corrected chi connectivity index (χ4v) is 2.05. The highest BCUT2D eigenvalue weighted by atomic mass is 32.1. The van der Waals surface area contributed by atoms with Crippen molar-refractivity contribution in [3.8, 4) is 5.88 Å². The first-order valence-corrected chi connectivity index (χ1v) is 6.18. The molecule has 0 fully saturated rings. The second kappa shape index (κ2) is 5.58. The molecule has 0 spiro atoms. The van der Waals surface area contributed by atoms with E-state index in [9.17, 15) is 0 Å². The molecule has 90 valence electrons. The van der Waals surface area contributed by atoms with Crippen molar-refractivity contribution in [3.05, 3.63) is 28.8 Å². The van der Waals surface area contributed by atoms with Crippen molar-refractivity contribution in [2.24, 2.45) is 0 Å². The lowest BCUT2D eigenvalue weighted by Crippen LogP contribution is -2.11. The smallest absolute Gasteiger partial charge is 0.225 e. The van der Waals surface area contributed by atoms with Crippen LogP contribution in [0.1, 0.15) is 17.8 Å². The van der Waals surface area contributed by atoms with E-state index in [1.54, 1.807) is 30.7 Å². The van der Waals surface area contributed by atoms with E-state index in [0.29, 0.717) is 17.7 Å². The van der Waals surface area contributed by atoms with Gasteiger partial charge < -0.3 is 10.1 Å². The molecule has 0 saturated carbocycles. The van der Waals surface area contributed by atoms with E-state index < -0.39 is 0 Å². The highest BCUT2D eigenvalue weighted by molar-refractivity contribution is 7.09. The Morgan fingerprint density at radius 3 is 3.00 bits per heavy atom. The molecule has 2 aromatic heterocycles. The molecule has 0 aliphatic rings. The summed E-state index contributed by atoms with van der Waals surface area (Å²) in [6.45, 7) is 2.87. The second-order valence-electron chi connectivity index (χ2n) is 3.57. The summed E-state index contributed by atoms with van der Waals surface area (Å²) in [7, 11) is 1.59. The summed E-state index contributed by atoms with van der Waals surface area (Å²) in [6.07, 6.45) is 3.49. The molecular formula is C11H14N4OS. The predicted octanol–water partition coefficient (Wildman–Crippen LogP) is 2.16. The third-order valence-electron chi connectivity index (χ3n) is 2.28. The number of thiazole rings is 1. The van der Waals surface area contributed by atoms with Crippen LogP contribution in [0.4, 0.5) is 5.95 Å². The minimum Gasteiger partial charge on any atom is -0.481 e. The van der Waals surface area contributed by atoms with Crippen LogP contribution in [0.5, 0.6) is 5.88 Å². The summed E-state index contributed by atoms with van der Waals surface area (Å²) in [4.78, 5) is 12.6. The van der Waals surface area contributed by atoms with E-state index in [2.05, 4.69) is 27.2 Å². The summed E-state index contributed by atoms with van der Waals surface area (Å²) in [5.41, 5.74) is 0. The van der Waals surface area contributed by atoms with E-state index in [-0.39, 0.29) is 0 Å². The number of aromatic nitrogens is 3. The summed E-state index contributed by atoms with van der Waals surface area (Å²) in [5.74, 6) is 1.47. The molecule has 0 radical (unpaired) electrons. The molecule has 0 aliphatic heterocycles. The summed E-state index contributed by atoms with van der Waals surface area (Å²) in [6, 6.07) is 1.72. The average molecular weight is 250 g/mol. The van der Waals surface area contributed by atoms with Gasteiger partial charge in [-0.3, -0.25) is 0 Å². The maximum absolute atomic E-state index is 5.03. The van der Waals surface area contributed by atoms with Gasteiger partial charge in [0, 0.05) is 36.3 Å². The van der Waals surface area contributed by atoms with Crippen molar-refractivity contribution < 1.29 is 4.74 Å². The van der Waals surface area contributed by atoms with E-state index in [1.165, 1.54) is 0 Å². The number of nitrogens with one attached hydrogen (secondary N) is 1. The van der Waals surface area contributed by atoms with Gasteiger partial charge in [-0.25, -0.2) is 9.97 Å². The lowest BCUT2D eigenvalue weighted by molar-refractivity contribution is 0.397. The Morgan fingerprint density at radius 1 is 1.41 bits per heavy atom. The molecule has 0 amide bonds. The maximum Gasteiger partial charge on any atom is 0.225 e. The molecule has 2 heterocycles. The fraction of sp³-hybridized carbons (Fsp3) is 0.364. The van der Waals surface area contributed by atoms with Gasteiger partial charge in [-0.05, 0) is 0 Å². The first-order valence-electron chi connectivity index (χ1n) is 5.30. The summed E-state index contributed by atoms with van der Waals surface area (Å²) < 4.78 is 5.03. The fourth-order valence-electron chi connectivity index (χ4n) is 1.35. The standard InChI is InChI=1S/C11H14N4OS/c1-8(10-12-5-6-17-10)7-14-11-13-4-3-9(15-11)16-2/h3-6,8H,7H2,1-2H3,(H,13,14,15). The van der Waals surface area contributed by atoms with Gasteiger partial charge in [-0.1, -0.05) is 6.92 Å². The number of nitrogens with zero attached hydrogens (tertiary/aromatic N) is 3. The van der Waals surface area contributed by atoms with Gasteiger partial charge in [-0.15, -0.1) is 11.3 Å². The molecule has 5 nitrogen and oxygen atoms in total. The zero-order chi connectivity index (χ0) is 12.1. The molecule has 0 aliphatic carbocycles. The Bertz CT molecular complexity index is 460. The van der Waals surface area contributed by atoms with Gasteiger partial charge in [0.05, 0.1) is 12.1 Å². The topological polar surface area (TPSA) is 59.9 Å². The number of rotatable bonds is 5. The van der Waals surface area contributed by atoms with Crippen LogP contribution < -0.4 is 10.1 Å². The van der Waals surface area contributed by atoms with Crippen molar-refractivity contribution in [2.45, 2.75) is 12.8 Å². The third-order valence-corrected chi connectivity index (χ3v) is 3.29.